The minimum atomic E-state index is -1.10. The van der Waals surface area contributed by atoms with Crippen LogP contribution in [0.3, 0.4) is 0 Å². The molecule has 86 valence electrons. The number of hydrogen-bond donors (Lipinski definition) is 1. The second kappa shape index (κ2) is 4.26. The summed E-state index contributed by atoms with van der Waals surface area (Å²) in [6.07, 6.45) is 2.16. The van der Waals surface area contributed by atoms with Crippen LogP contribution in [0.15, 0.2) is 24.3 Å². The second-order valence-electron chi connectivity index (χ2n) is 4.14. The van der Waals surface area contributed by atoms with Gasteiger partial charge >= 0.3 is 5.97 Å². The van der Waals surface area contributed by atoms with Gasteiger partial charge in [-0.05, 0) is 30.4 Å². The van der Waals surface area contributed by atoms with Crippen molar-refractivity contribution in [3.8, 4) is 0 Å². The van der Waals surface area contributed by atoms with Gasteiger partial charge in [0.25, 0.3) is 0 Å². The zero-order valence-corrected chi connectivity index (χ0v) is 9.40. The predicted molar refractivity (Wildman–Crippen MR) is 60.3 cm³/mol. The standard InChI is InChI=1S/C13H16O3/c1-2-9-16-13(12(14)15)8-7-10-5-3-4-6-11(10)13/h3-6H,2,7-9H2,1H3,(H,14,15). The molecule has 1 aromatic carbocycles. The Kier molecular flexibility index (Phi) is 2.97. The highest BCUT2D eigenvalue weighted by Crippen LogP contribution is 2.40. The van der Waals surface area contributed by atoms with Gasteiger partial charge in [-0.2, -0.15) is 0 Å². The lowest BCUT2D eigenvalue weighted by Gasteiger charge is -2.25. The average Bonchev–Trinajstić information content (AvgIpc) is 2.67. The molecule has 3 heteroatoms. The Morgan fingerprint density at radius 2 is 2.25 bits per heavy atom. The van der Waals surface area contributed by atoms with E-state index in [0.29, 0.717) is 13.0 Å². The molecular formula is C13H16O3. The first-order valence-corrected chi connectivity index (χ1v) is 5.66. The summed E-state index contributed by atoms with van der Waals surface area (Å²) in [6, 6.07) is 7.66. The fourth-order valence-electron chi connectivity index (χ4n) is 2.29. The molecule has 1 N–H and O–H groups in total. The number of carboxylic acid groups (broad SMARTS) is 1. The number of benzene rings is 1. The number of aliphatic carboxylic acids is 1. The maximum absolute atomic E-state index is 11.5. The molecule has 0 saturated carbocycles. The molecule has 0 radical (unpaired) electrons. The van der Waals surface area contributed by atoms with E-state index in [2.05, 4.69) is 0 Å². The molecule has 0 spiro atoms. The molecule has 0 fully saturated rings. The molecule has 1 unspecified atom stereocenters. The van der Waals surface area contributed by atoms with Crippen molar-refractivity contribution >= 4 is 5.97 Å². The molecule has 1 aliphatic carbocycles. The minimum Gasteiger partial charge on any atom is -0.479 e. The fraction of sp³-hybridized carbons (Fsp3) is 0.462. The van der Waals surface area contributed by atoms with Crippen LogP contribution in [0.25, 0.3) is 0 Å². The summed E-state index contributed by atoms with van der Waals surface area (Å²) in [4.78, 5) is 11.5. The number of rotatable bonds is 4. The maximum Gasteiger partial charge on any atom is 0.340 e. The first-order chi connectivity index (χ1) is 7.70. The number of fused-ring (bicyclic) bond motifs is 1. The largest absolute Gasteiger partial charge is 0.479 e. The predicted octanol–water partition coefficient (Wildman–Crippen LogP) is 2.34. The van der Waals surface area contributed by atoms with E-state index in [9.17, 15) is 9.90 Å². The number of hydrogen-bond acceptors (Lipinski definition) is 2. The summed E-state index contributed by atoms with van der Waals surface area (Å²) in [5, 5.41) is 9.41. The Balaban J connectivity index is 2.39. The van der Waals surface area contributed by atoms with Crippen molar-refractivity contribution in [3.05, 3.63) is 35.4 Å². The third kappa shape index (κ3) is 1.61. The lowest BCUT2D eigenvalue weighted by Crippen LogP contribution is -2.36. The Bertz CT molecular complexity index is 400. The molecule has 0 heterocycles. The molecule has 16 heavy (non-hydrogen) atoms. The molecular weight excluding hydrogens is 204 g/mol. The molecule has 0 amide bonds. The zero-order chi connectivity index (χ0) is 11.6. The van der Waals surface area contributed by atoms with E-state index in [1.54, 1.807) is 0 Å². The minimum absolute atomic E-state index is 0.487. The van der Waals surface area contributed by atoms with Crippen molar-refractivity contribution in [2.75, 3.05) is 6.61 Å². The van der Waals surface area contributed by atoms with Crippen molar-refractivity contribution in [2.45, 2.75) is 31.8 Å². The summed E-state index contributed by atoms with van der Waals surface area (Å²) in [5.41, 5.74) is 0.823. The van der Waals surface area contributed by atoms with E-state index in [-0.39, 0.29) is 0 Å². The molecule has 2 rings (SSSR count). The van der Waals surface area contributed by atoms with Crippen LogP contribution in [0.1, 0.15) is 30.9 Å². The number of ether oxygens (including phenoxy) is 1. The zero-order valence-electron chi connectivity index (χ0n) is 9.40. The summed E-state index contributed by atoms with van der Waals surface area (Å²) in [5.74, 6) is -0.870. The molecule has 1 atom stereocenters. The van der Waals surface area contributed by atoms with Gasteiger partial charge in [0.15, 0.2) is 5.60 Å². The van der Waals surface area contributed by atoms with Gasteiger partial charge in [-0.1, -0.05) is 31.2 Å². The van der Waals surface area contributed by atoms with E-state index < -0.39 is 11.6 Å². The number of carboxylic acids is 1. The lowest BCUT2D eigenvalue weighted by molar-refractivity contribution is -0.167. The smallest absolute Gasteiger partial charge is 0.340 e. The summed E-state index contributed by atoms with van der Waals surface area (Å²) < 4.78 is 5.63. The molecule has 3 nitrogen and oxygen atoms in total. The van der Waals surface area contributed by atoms with E-state index in [1.807, 2.05) is 31.2 Å². The topological polar surface area (TPSA) is 46.5 Å². The van der Waals surface area contributed by atoms with Gasteiger partial charge in [0.05, 0.1) is 0 Å². The summed E-state index contributed by atoms with van der Waals surface area (Å²) in [7, 11) is 0. The normalized spacial score (nSPS) is 23.1. The monoisotopic (exact) mass is 220 g/mol. The van der Waals surface area contributed by atoms with E-state index in [0.717, 1.165) is 24.0 Å². The van der Waals surface area contributed by atoms with Crippen LogP contribution in [0.2, 0.25) is 0 Å². The Morgan fingerprint density at radius 1 is 1.50 bits per heavy atom. The van der Waals surface area contributed by atoms with Crippen molar-refractivity contribution in [1.82, 2.24) is 0 Å². The van der Waals surface area contributed by atoms with E-state index >= 15 is 0 Å². The van der Waals surface area contributed by atoms with Crippen LogP contribution in [-0.4, -0.2) is 17.7 Å². The van der Waals surface area contributed by atoms with Crippen molar-refractivity contribution in [2.24, 2.45) is 0 Å². The van der Waals surface area contributed by atoms with Gasteiger partial charge in [-0.3, -0.25) is 0 Å². The second-order valence-corrected chi connectivity index (χ2v) is 4.14. The first-order valence-electron chi connectivity index (χ1n) is 5.66. The summed E-state index contributed by atoms with van der Waals surface area (Å²) >= 11 is 0. The molecule has 0 bridgehead atoms. The van der Waals surface area contributed by atoms with Crippen LogP contribution >= 0.6 is 0 Å². The number of carbonyl (C=O) groups is 1. The van der Waals surface area contributed by atoms with E-state index in [1.165, 1.54) is 0 Å². The van der Waals surface area contributed by atoms with Crippen LogP contribution in [0.4, 0.5) is 0 Å². The van der Waals surface area contributed by atoms with Gasteiger partial charge in [0.1, 0.15) is 0 Å². The van der Waals surface area contributed by atoms with Gasteiger partial charge in [-0.15, -0.1) is 0 Å². The van der Waals surface area contributed by atoms with Gasteiger partial charge in [-0.25, -0.2) is 4.79 Å². The van der Waals surface area contributed by atoms with Crippen LogP contribution in [-0.2, 0) is 21.6 Å². The van der Waals surface area contributed by atoms with Crippen LogP contribution < -0.4 is 0 Å². The third-order valence-electron chi connectivity index (χ3n) is 3.10. The number of aryl methyl sites for hydroxylation is 1. The summed E-state index contributed by atoms with van der Waals surface area (Å²) in [6.45, 7) is 2.47. The van der Waals surface area contributed by atoms with E-state index in [4.69, 9.17) is 4.74 Å². The first kappa shape index (κ1) is 11.1. The molecule has 0 aromatic heterocycles. The Hall–Kier alpha value is -1.35. The molecule has 0 saturated heterocycles. The quantitative estimate of drug-likeness (QED) is 0.847. The van der Waals surface area contributed by atoms with Gasteiger partial charge < -0.3 is 9.84 Å². The van der Waals surface area contributed by atoms with Crippen LogP contribution in [0, 0.1) is 0 Å². The molecule has 0 aliphatic heterocycles. The fourth-order valence-corrected chi connectivity index (χ4v) is 2.29. The van der Waals surface area contributed by atoms with Crippen LogP contribution in [0.5, 0.6) is 0 Å². The highest BCUT2D eigenvalue weighted by Gasteiger charge is 2.46. The van der Waals surface area contributed by atoms with Gasteiger partial charge in [0.2, 0.25) is 0 Å². The SMILES string of the molecule is CCCOC1(C(=O)O)CCc2ccccc21. The molecule has 1 aromatic rings. The van der Waals surface area contributed by atoms with Gasteiger partial charge in [0, 0.05) is 6.61 Å². The highest BCUT2D eigenvalue weighted by molar-refractivity contribution is 5.81. The van der Waals surface area contributed by atoms with Crippen molar-refractivity contribution < 1.29 is 14.6 Å². The Morgan fingerprint density at radius 3 is 2.94 bits per heavy atom. The lowest BCUT2D eigenvalue weighted by atomic mass is 9.96. The maximum atomic E-state index is 11.5. The third-order valence-corrected chi connectivity index (χ3v) is 3.10. The van der Waals surface area contributed by atoms with Crippen molar-refractivity contribution in [3.63, 3.8) is 0 Å². The Labute approximate surface area is 95.0 Å². The molecule has 1 aliphatic rings. The van der Waals surface area contributed by atoms with Crippen molar-refractivity contribution in [1.29, 1.82) is 0 Å². The average molecular weight is 220 g/mol. The highest BCUT2D eigenvalue weighted by atomic mass is 16.5.